The summed E-state index contributed by atoms with van der Waals surface area (Å²) in [6.45, 7) is 1.82. The molecule has 9 heteroatoms. The van der Waals surface area contributed by atoms with E-state index in [-0.39, 0.29) is 30.4 Å². The van der Waals surface area contributed by atoms with Crippen molar-refractivity contribution in [1.29, 1.82) is 0 Å². The van der Waals surface area contributed by atoms with Gasteiger partial charge in [-0.2, -0.15) is 0 Å². The Labute approximate surface area is 174 Å². The summed E-state index contributed by atoms with van der Waals surface area (Å²) < 4.78 is 38.8. The summed E-state index contributed by atoms with van der Waals surface area (Å²) >= 11 is 0. The number of carbonyl (C=O) groups excluding carboxylic acids is 1. The van der Waals surface area contributed by atoms with E-state index in [9.17, 15) is 17.6 Å². The number of aromatic nitrogens is 1. The molecule has 0 saturated heterocycles. The highest BCUT2D eigenvalue weighted by molar-refractivity contribution is 7.89. The van der Waals surface area contributed by atoms with Crippen molar-refractivity contribution in [3.05, 3.63) is 71.7 Å². The summed E-state index contributed by atoms with van der Waals surface area (Å²) in [5.41, 5.74) is 3.38. The van der Waals surface area contributed by atoms with Crippen LogP contribution in [0.2, 0.25) is 0 Å². The van der Waals surface area contributed by atoms with Gasteiger partial charge >= 0.3 is 0 Å². The van der Waals surface area contributed by atoms with Crippen LogP contribution in [-0.4, -0.2) is 37.2 Å². The maximum atomic E-state index is 13.9. The van der Waals surface area contributed by atoms with Crippen LogP contribution in [0.5, 0.6) is 0 Å². The molecular weight excluding hydrogens is 409 g/mol. The van der Waals surface area contributed by atoms with Gasteiger partial charge in [0.15, 0.2) is 0 Å². The third-order valence-electron chi connectivity index (χ3n) is 4.68. The number of benzene rings is 2. The first-order valence-corrected chi connectivity index (χ1v) is 10.7. The van der Waals surface area contributed by atoms with Crippen molar-refractivity contribution in [2.24, 2.45) is 5.14 Å². The number of rotatable bonds is 7. The average molecular weight is 431 g/mol. The van der Waals surface area contributed by atoms with Crippen LogP contribution >= 0.6 is 0 Å². The number of aliphatic hydroxyl groups is 1. The third kappa shape index (κ3) is 4.76. The van der Waals surface area contributed by atoms with Crippen LogP contribution in [0.3, 0.4) is 0 Å². The predicted molar refractivity (Wildman–Crippen MR) is 111 cm³/mol. The first-order valence-electron chi connectivity index (χ1n) is 9.18. The Hall–Kier alpha value is -3.01. The Morgan fingerprint density at radius 1 is 1.17 bits per heavy atom. The second-order valence-electron chi connectivity index (χ2n) is 6.78. The Morgan fingerprint density at radius 2 is 1.87 bits per heavy atom. The zero-order chi connectivity index (χ0) is 21.9. The molecule has 1 aromatic heterocycles. The maximum absolute atomic E-state index is 13.9. The SMILES string of the molecule is Cc1c(CC(=O)NCCO)cc(-c2ccc(S(N)(=O)=O)cc2)n1-c1cccc(F)c1. The van der Waals surface area contributed by atoms with Crippen molar-refractivity contribution in [1.82, 2.24) is 9.88 Å². The number of carbonyl (C=O) groups is 1. The molecule has 1 amide bonds. The largest absolute Gasteiger partial charge is 0.395 e. The van der Waals surface area contributed by atoms with Crippen molar-refractivity contribution < 1.29 is 22.7 Å². The van der Waals surface area contributed by atoms with Gasteiger partial charge in [0.1, 0.15) is 5.82 Å². The molecule has 0 aliphatic rings. The van der Waals surface area contributed by atoms with Crippen molar-refractivity contribution in [3.8, 4) is 16.9 Å². The molecule has 0 fully saturated rings. The summed E-state index contributed by atoms with van der Waals surface area (Å²) in [5.74, 6) is -0.655. The minimum atomic E-state index is -3.83. The van der Waals surface area contributed by atoms with Gasteiger partial charge in [-0.25, -0.2) is 17.9 Å². The number of aliphatic hydroxyl groups excluding tert-OH is 1. The summed E-state index contributed by atoms with van der Waals surface area (Å²) in [6, 6.07) is 13.9. The lowest BCUT2D eigenvalue weighted by molar-refractivity contribution is -0.120. The molecule has 3 aromatic rings. The first kappa shape index (κ1) is 21.7. The number of nitrogens with one attached hydrogen (secondary N) is 1. The van der Waals surface area contributed by atoms with Crippen molar-refractivity contribution in [3.63, 3.8) is 0 Å². The standard InChI is InChI=1S/C21H22FN3O4S/c1-14-16(12-21(27)24-9-10-26)11-20(25(14)18-4-2-3-17(22)13-18)15-5-7-19(8-6-15)30(23,28)29/h2-8,11,13,26H,9-10,12H2,1H3,(H,24,27)(H2,23,28,29). The van der Waals surface area contributed by atoms with Crippen LogP contribution < -0.4 is 10.5 Å². The van der Waals surface area contributed by atoms with Crippen LogP contribution in [-0.2, 0) is 21.2 Å². The number of nitrogens with zero attached hydrogens (tertiary/aromatic N) is 1. The van der Waals surface area contributed by atoms with Gasteiger partial charge in [-0.15, -0.1) is 0 Å². The lowest BCUT2D eigenvalue weighted by atomic mass is 10.1. The molecule has 30 heavy (non-hydrogen) atoms. The number of nitrogens with two attached hydrogens (primary N) is 1. The number of hydrogen-bond acceptors (Lipinski definition) is 4. The van der Waals surface area contributed by atoms with E-state index in [1.54, 1.807) is 24.3 Å². The van der Waals surface area contributed by atoms with Gasteiger partial charge in [0.25, 0.3) is 0 Å². The number of primary sulfonamides is 1. The van der Waals surface area contributed by atoms with E-state index in [4.69, 9.17) is 10.2 Å². The van der Waals surface area contributed by atoms with Crippen LogP contribution in [0.15, 0.2) is 59.5 Å². The molecule has 3 rings (SSSR count). The molecule has 0 unspecified atom stereocenters. The van der Waals surface area contributed by atoms with Crippen molar-refractivity contribution in [2.45, 2.75) is 18.2 Å². The highest BCUT2D eigenvalue weighted by Gasteiger charge is 2.18. The Kier molecular flexibility index (Phi) is 6.35. The van der Waals surface area contributed by atoms with Gasteiger partial charge in [-0.3, -0.25) is 4.79 Å². The molecule has 0 spiro atoms. The van der Waals surface area contributed by atoms with Crippen LogP contribution in [0.1, 0.15) is 11.3 Å². The zero-order valence-electron chi connectivity index (χ0n) is 16.3. The molecule has 2 aromatic carbocycles. The molecule has 4 N–H and O–H groups in total. The average Bonchev–Trinajstić information content (AvgIpc) is 3.02. The summed E-state index contributed by atoms with van der Waals surface area (Å²) in [4.78, 5) is 12.1. The normalized spacial score (nSPS) is 11.5. The van der Waals surface area contributed by atoms with Crippen LogP contribution in [0, 0.1) is 12.7 Å². The van der Waals surface area contributed by atoms with E-state index >= 15 is 0 Å². The minimum Gasteiger partial charge on any atom is -0.395 e. The summed E-state index contributed by atoms with van der Waals surface area (Å²) in [6.07, 6.45) is 0.0798. The maximum Gasteiger partial charge on any atom is 0.238 e. The van der Waals surface area contributed by atoms with Crippen LogP contribution in [0.25, 0.3) is 16.9 Å². The Balaban J connectivity index is 2.10. The smallest absolute Gasteiger partial charge is 0.238 e. The van der Waals surface area contributed by atoms with Crippen LogP contribution in [0.4, 0.5) is 4.39 Å². The quantitative estimate of drug-likeness (QED) is 0.530. The monoisotopic (exact) mass is 431 g/mol. The van der Waals surface area contributed by atoms with Gasteiger partial charge in [0.05, 0.1) is 23.6 Å². The van der Waals surface area contributed by atoms with Gasteiger partial charge in [-0.05, 0) is 54.4 Å². The van der Waals surface area contributed by atoms with Crippen molar-refractivity contribution >= 4 is 15.9 Å². The molecule has 158 valence electrons. The highest BCUT2D eigenvalue weighted by atomic mass is 32.2. The summed E-state index contributed by atoms with van der Waals surface area (Å²) in [5, 5.41) is 16.7. The van der Waals surface area contributed by atoms with E-state index in [0.29, 0.717) is 16.9 Å². The predicted octanol–water partition coefficient (Wildman–Crippen LogP) is 1.89. The molecule has 0 bridgehead atoms. The molecule has 0 atom stereocenters. The fourth-order valence-corrected chi connectivity index (χ4v) is 3.76. The number of hydrogen-bond donors (Lipinski definition) is 3. The molecule has 0 aliphatic heterocycles. The minimum absolute atomic E-state index is 0.0181. The van der Waals surface area contributed by atoms with Crippen molar-refractivity contribution in [2.75, 3.05) is 13.2 Å². The summed E-state index contributed by atoms with van der Waals surface area (Å²) in [7, 11) is -3.83. The molecule has 0 aliphatic carbocycles. The third-order valence-corrected chi connectivity index (χ3v) is 5.61. The second-order valence-corrected chi connectivity index (χ2v) is 8.34. The van der Waals surface area contributed by atoms with E-state index < -0.39 is 15.8 Å². The van der Waals surface area contributed by atoms with Gasteiger partial charge in [0.2, 0.25) is 15.9 Å². The lowest BCUT2D eigenvalue weighted by Crippen LogP contribution is -2.27. The number of halogens is 1. The molecular formula is C21H22FN3O4S. The number of sulfonamides is 1. The lowest BCUT2D eigenvalue weighted by Gasteiger charge is -2.13. The van der Waals surface area contributed by atoms with Gasteiger partial charge in [0, 0.05) is 17.9 Å². The molecule has 7 nitrogen and oxygen atoms in total. The zero-order valence-corrected chi connectivity index (χ0v) is 17.1. The highest BCUT2D eigenvalue weighted by Crippen LogP contribution is 2.30. The fraction of sp³-hybridized carbons (Fsp3) is 0.190. The van der Waals surface area contributed by atoms with Gasteiger partial charge < -0.3 is 15.0 Å². The van der Waals surface area contributed by atoms with E-state index in [1.165, 1.54) is 24.3 Å². The Morgan fingerprint density at radius 3 is 2.47 bits per heavy atom. The molecule has 0 radical (unpaired) electrons. The molecule has 0 saturated carbocycles. The van der Waals surface area contributed by atoms with E-state index in [1.807, 2.05) is 17.6 Å². The fourth-order valence-electron chi connectivity index (χ4n) is 3.24. The topological polar surface area (TPSA) is 114 Å². The molecule has 1 heterocycles. The Bertz CT molecular complexity index is 1170. The van der Waals surface area contributed by atoms with E-state index in [0.717, 1.165) is 11.3 Å². The van der Waals surface area contributed by atoms with E-state index in [2.05, 4.69) is 5.32 Å². The first-order chi connectivity index (χ1) is 14.2. The number of amides is 1. The van der Waals surface area contributed by atoms with Gasteiger partial charge in [-0.1, -0.05) is 18.2 Å². The second kappa shape index (κ2) is 8.78.